The third-order valence-electron chi connectivity index (χ3n) is 8.83. The SMILES string of the molecule is C1=CC(C2=NC(n3c4ccccc4c4ccc(-c5ccccc5)cc43)NC(c3ccccc3)=N2)C2Sc3ccccc3C2=C1. The molecule has 0 spiro atoms. The summed E-state index contributed by atoms with van der Waals surface area (Å²) in [5, 5.41) is 6.41. The summed E-state index contributed by atoms with van der Waals surface area (Å²) in [6.07, 6.45) is 6.35. The highest BCUT2D eigenvalue weighted by molar-refractivity contribution is 8.01. The van der Waals surface area contributed by atoms with E-state index < -0.39 is 0 Å². The largest absolute Gasteiger partial charge is 0.331 e. The lowest BCUT2D eigenvalue weighted by molar-refractivity contribution is 0.511. The van der Waals surface area contributed by atoms with Crippen molar-refractivity contribution in [1.82, 2.24) is 9.88 Å². The highest BCUT2D eigenvalue weighted by Crippen LogP contribution is 2.50. The van der Waals surface area contributed by atoms with Gasteiger partial charge in [0.2, 0.25) is 6.29 Å². The Morgan fingerprint density at radius 3 is 2.25 bits per heavy atom. The van der Waals surface area contributed by atoms with E-state index in [9.17, 15) is 0 Å². The van der Waals surface area contributed by atoms with Gasteiger partial charge in [-0.3, -0.25) is 0 Å². The number of allylic oxidation sites excluding steroid dienone is 2. The van der Waals surface area contributed by atoms with Crippen molar-refractivity contribution >= 4 is 50.8 Å². The normalized spacial score (nSPS) is 20.5. The lowest BCUT2D eigenvalue weighted by Crippen LogP contribution is -2.39. The number of thioether (sulfide) groups is 1. The maximum Gasteiger partial charge on any atom is 0.204 e. The average Bonchev–Trinajstić information content (AvgIpc) is 3.64. The molecule has 0 bridgehead atoms. The van der Waals surface area contributed by atoms with E-state index in [1.807, 2.05) is 17.8 Å². The van der Waals surface area contributed by atoms with Crippen molar-refractivity contribution in [3.63, 3.8) is 0 Å². The summed E-state index contributed by atoms with van der Waals surface area (Å²) in [5.74, 6) is 1.74. The maximum absolute atomic E-state index is 5.44. The number of amidine groups is 2. The molecule has 1 N–H and O–H groups in total. The number of aromatic nitrogens is 1. The van der Waals surface area contributed by atoms with Gasteiger partial charge >= 0.3 is 0 Å². The molecule has 1 aliphatic carbocycles. The van der Waals surface area contributed by atoms with Crippen molar-refractivity contribution in [1.29, 1.82) is 0 Å². The molecular weight excluding hydrogens is 557 g/mol. The van der Waals surface area contributed by atoms with Gasteiger partial charge in [-0.2, -0.15) is 0 Å². The van der Waals surface area contributed by atoms with Crippen LogP contribution in [0.2, 0.25) is 0 Å². The number of nitrogens with one attached hydrogen (secondary N) is 1. The summed E-state index contributed by atoms with van der Waals surface area (Å²) in [4.78, 5) is 12.0. The molecule has 3 aliphatic rings. The van der Waals surface area contributed by atoms with Crippen LogP contribution in [0, 0.1) is 5.92 Å². The molecule has 3 atom stereocenters. The van der Waals surface area contributed by atoms with E-state index in [0.717, 1.165) is 28.3 Å². The lowest BCUT2D eigenvalue weighted by Gasteiger charge is -2.30. The van der Waals surface area contributed by atoms with Crippen LogP contribution in [0.3, 0.4) is 0 Å². The highest BCUT2D eigenvalue weighted by Gasteiger charge is 2.38. The highest BCUT2D eigenvalue weighted by atomic mass is 32.2. The van der Waals surface area contributed by atoms with E-state index >= 15 is 0 Å². The predicted octanol–water partition coefficient (Wildman–Crippen LogP) is 9.11. The molecule has 0 saturated carbocycles. The molecule has 0 radical (unpaired) electrons. The lowest BCUT2D eigenvalue weighted by atomic mass is 9.89. The number of benzene rings is 5. The second kappa shape index (κ2) is 10.2. The van der Waals surface area contributed by atoms with Crippen LogP contribution in [0.5, 0.6) is 0 Å². The molecule has 5 heteroatoms. The van der Waals surface area contributed by atoms with Gasteiger partial charge in [-0.05, 0) is 40.5 Å². The Bertz CT molecular complexity index is 2190. The first kappa shape index (κ1) is 25.4. The van der Waals surface area contributed by atoms with Crippen LogP contribution in [0.4, 0.5) is 0 Å². The van der Waals surface area contributed by atoms with Crippen LogP contribution in [-0.2, 0) is 0 Å². The van der Waals surface area contributed by atoms with E-state index in [1.165, 1.54) is 37.9 Å². The van der Waals surface area contributed by atoms with E-state index in [1.54, 1.807) is 0 Å². The van der Waals surface area contributed by atoms with Gasteiger partial charge in [0.1, 0.15) is 11.7 Å². The quantitative estimate of drug-likeness (QED) is 0.225. The Hall–Kier alpha value is -5.13. The average molecular weight is 585 g/mol. The first-order valence-corrected chi connectivity index (χ1v) is 15.9. The number of nitrogens with zero attached hydrogens (tertiary/aromatic N) is 3. The van der Waals surface area contributed by atoms with Gasteiger partial charge in [-0.1, -0.05) is 127 Å². The molecule has 4 nitrogen and oxygen atoms in total. The number of hydrogen-bond acceptors (Lipinski definition) is 4. The van der Waals surface area contributed by atoms with Crippen LogP contribution in [0.25, 0.3) is 38.5 Å². The van der Waals surface area contributed by atoms with Gasteiger partial charge in [0.25, 0.3) is 0 Å². The fourth-order valence-corrected chi connectivity index (χ4v) is 8.21. The smallest absolute Gasteiger partial charge is 0.204 e. The Morgan fingerprint density at radius 2 is 1.39 bits per heavy atom. The van der Waals surface area contributed by atoms with Gasteiger partial charge < -0.3 is 9.88 Å². The van der Waals surface area contributed by atoms with Gasteiger partial charge in [-0.25, -0.2) is 9.98 Å². The van der Waals surface area contributed by atoms with Crippen molar-refractivity contribution in [2.45, 2.75) is 16.4 Å². The van der Waals surface area contributed by atoms with E-state index in [2.05, 4.69) is 149 Å². The van der Waals surface area contributed by atoms with E-state index in [-0.39, 0.29) is 17.5 Å². The Kier molecular flexibility index (Phi) is 5.91. The summed E-state index contributed by atoms with van der Waals surface area (Å²) in [6.45, 7) is 0. The minimum absolute atomic E-state index is 0.0451. The summed E-state index contributed by atoms with van der Waals surface area (Å²) < 4.78 is 2.36. The summed E-state index contributed by atoms with van der Waals surface area (Å²) in [6, 6.07) is 45.2. The molecule has 9 rings (SSSR count). The third kappa shape index (κ3) is 4.08. The molecule has 0 fully saturated rings. The molecule has 3 unspecified atom stereocenters. The molecule has 210 valence electrons. The Morgan fingerprint density at radius 1 is 0.659 bits per heavy atom. The van der Waals surface area contributed by atoms with Crippen molar-refractivity contribution < 1.29 is 0 Å². The van der Waals surface area contributed by atoms with Crippen molar-refractivity contribution in [3.8, 4) is 11.1 Å². The fourth-order valence-electron chi connectivity index (χ4n) is 6.77. The Balaban J connectivity index is 1.23. The molecule has 44 heavy (non-hydrogen) atoms. The van der Waals surface area contributed by atoms with Crippen LogP contribution in [0.15, 0.2) is 161 Å². The maximum atomic E-state index is 5.44. The van der Waals surface area contributed by atoms with Gasteiger partial charge in [0.05, 0.1) is 17.0 Å². The van der Waals surface area contributed by atoms with Gasteiger partial charge in [0.15, 0.2) is 0 Å². The van der Waals surface area contributed by atoms with Gasteiger partial charge in [0, 0.05) is 26.5 Å². The fraction of sp³-hybridized carbons (Fsp3) is 0.0769. The Labute approximate surface area is 260 Å². The van der Waals surface area contributed by atoms with Crippen molar-refractivity contribution in [3.05, 3.63) is 157 Å². The van der Waals surface area contributed by atoms with Gasteiger partial charge in [-0.15, -0.1) is 11.8 Å². The summed E-state index contributed by atoms with van der Waals surface area (Å²) in [5.41, 5.74) is 8.40. The molecule has 5 aromatic carbocycles. The molecule has 3 heterocycles. The third-order valence-corrected chi connectivity index (χ3v) is 10.2. The monoisotopic (exact) mass is 584 g/mol. The van der Waals surface area contributed by atoms with E-state index in [4.69, 9.17) is 9.98 Å². The topological polar surface area (TPSA) is 41.7 Å². The van der Waals surface area contributed by atoms with Crippen LogP contribution in [0.1, 0.15) is 17.4 Å². The molecule has 0 amide bonds. The number of rotatable bonds is 4. The number of fused-ring (bicyclic) bond motifs is 6. The number of hydrogen-bond donors (Lipinski definition) is 1. The molecule has 0 saturated heterocycles. The van der Waals surface area contributed by atoms with E-state index in [0.29, 0.717) is 0 Å². The molecule has 2 aliphatic heterocycles. The number of aliphatic imine (C=N–C) groups is 2. The first-order chi connectivity index (χ1) is 21.8. The zero-order valence-corrected chi connectivity index (χ0v) is 24.7. The first-order valence-electron chi connectivity index (χ1n) is 15.0. The predicted molar refractivity (Wildman–Crippen MR) is 184 cm³/mol. The zero-order chi connectivity index (χ0) is 29.0. The standard InChI is InChI=1S/C39H28N4S/c1-3-12-25(13-4-1)27-22-23-29-28-16-7-9-20-33(28)43(34(29)24-27)39-41-37(26-14-5-2-6-15-26)40-38(42-39)32-19-11-18-31-30-17-8-10-21-35(30)44-36(31)32/h1-24,32,36,39H,(H,40,41,42). The van der Waals surface area contributed by atoms with Crippen LogP contribution < -0.4 is 5.32 Å². The second-order valence-corrected chi connectivity index (χ2v) is 12.6. The van der Waals surface area contributed by atoms with Crippen molar-refractivity contribution in [2.24, 2.45) is 15.9 Å². The molecule has 6 aromatic rings. The molecule has 1 aromatic heterocycles. The summed E-state index contributed by atoms with van der Waals surface area (Å²) >= 11 is 1.93. The summed E-state index contributed by atoms with van der Waals surface area (Å²) in [7, 11) is 0. The van der Waals surface area contributed by atoms with Crippen molar-refractivity contribution in [2.75, 3.05) is 0 Å². The van der Waals surface area contributed by atoms with Crippen LogP contribution in [-0.4, -0.2) is 21.5 Å². The van der Waals surface area contributed by atoms with Crippen LogP contribution >= 0.6 is 11.8 Å². The minimum Gasteiger partial charge on any atom is -0.331 e. The molecular formula is C39H28N4S. The zero-order valence-electron chi connectivity index (χ0n) is 23.8. The number of para-hydroxylation sites is 1. The second-order valence-electron chi connectivity index (χ2n) is 11.4. The minimum atomic E-state index is -0.373.